The summed E-state index contributed by atoms with van der Waals surface area (Å²) in [7, 11) is -3.33. The van der Waals surface area contributed by atoms with Crippen LogP contribution in [0.4, 0.5) is 0 Å². The van der Waals surface area contributed by atoms with Crippen LogP contribution in [0.2, 0.25) is 10.0 Å². The van der Waals surface area contributed by atoms with Gasteiger partial charge in [0.05, 0.1) is 19.5 Å². The van der Waals surface area contributed by atoms with Crippen molar-refractivity contribution >= 4 is 50.5 Å². The molecule has 0 fully saturated rings. The molecule has 174 valence electrons. The van der Waals surface area contributed by atoms with Crippen molar-refractivity contribution in [2.75, 3.05) is 32.6 Å². The number of nitrogens with zero attached hydrogens (tertiary/aromatic N) is 1. The first-order valence-electron chi connectivity index (χ1n) is 9.49. The zero-order valence-electron chi connectivity index (χ0n) is 16.9. The third-order valence-electron chi connectivity index (χ3n) is 4.09. The van der Waals surface area contributed by atoms with Crippen molar-refractivity contribution < 1.29 is 22.7 Å². The lowest BCUT2D eigenvalue weighted by atomic mass is 10.2. The molecule has 0 saturated carbocycles. The molecule has 2 aromatic rings. The molecule has 10 heteroatoms. The maximum absolute atomic E-state index is 12.1. The van der Waals surface area contributed by atoms with Crippen molar-refractivity contribution in [2.24, 2.45) is 0 Å². The number of carbonyl (C=O) groups excluding carboxylic acids is 1. The maximum Gasteiger partial charge on any atom is 0.348 e. The lowest BCUT2D eigenvalue weighted by Gasteiger charge is -2.20. The quantitative estimate of drug-likeness (QED) is 0.277. The van der Waals surface area contributed by atoms with Gasteiger partial charge in [0.2, 0.25) is 10.0 Å². The Morgan fingerprint density at radius 2 is 1.74 bits per heavy atom. The van der Waals surface area contributed by atoms with E-state index in [1.165, 1.54) is 21.9 Å². The molecule has 1 heterocycles. The summed E-state index contributed by atoms with van der Waals surface area (Å²) in [4.78, 5) is 13.3. The van der Waals surface area contributed by atoms with Gasteiger partial charge in [-0.05, 0) is 56.5 Å². The minimum Gasteiger partial charge on any atom is -0.493 e. The lowest BCUT2D eigenvalue weighted by Crippen LogP contribution is -2.33. The number of sulfonamides is 1. The topological polar surface area (TPSA) is 72.9 Å². The fourth-order valence-electron chi connectivity index (χ4n) is 2.74. The van der Waals surface area contributed by atoms with Crippen LogP contribution in [0.5, 0.6) is 5.75 Å². The highest BCUT2D eigenvalue weighted by atomic mass is 35.5. The van der Waals surface area contributed by atoms with E-state index in [1.54, 1.807) is 31.2 Å². The highest BCUT2D eigenvalue weighted by Gasteiger charge is 2.16. The number of hydrogen-bond donors (Lipinski definition) is 0. The first-order chi connectivity index (χ1) is 14.2. The van der Waals surface area contributed by atoms with Gasteiger partial charge in [-0.3, -0.25) is 0 Å². The highest BCUT2D eigenvalue weighted by molar-refractivity contribution is 7.88. The van der Waals surface area contributed by atoms with Crippen molar-refractivity contribution in [1.82, 2.24) is 4.31 Å². The van der Waals surface area contributed by atoms with Gasteiger partial charge in [-0.15, -0.1) is 11.3 Å². The van der Waals surface area contributed by atoms with Crippen LogP contribution in [-0.2, 0) is 21.2 Å². The Labute approximate surface area is 199 Å². The van der Waals surface area contributed by atoms with Crippen molar-refractivity contribution in [3.63, 3.8) is 0 Å². The highest BCUT2D eigenvalue weighted by Crippen LogP contribution is 2.24. The van der Waals surface area contributed by atoms with Crippen molar-refractivity contribution in [2.45, 2.75) is 33.6 Å². The van der Waals surface area contributed by atoms with Gasteiger partial charge in [0.25, 0.3) is 0 Å². The molecule has 6 nitrogen and oxygen atoms in total. The molecule has 0 aliphatic rings. The molecule has 0 radical (unpaired) electrons. The van der Waals surface area contributed by atoms with Gasteiger partial charge in [-0.2, -0.15) is 0 Å². The number of halogens is 2. The molecule has 1 aromatic heterocycles. The van der Waals surface area contributed by atoms with Crippen LogP contribution in [0.25, 0.3) is 0 Å². The predicted octanol–water partition coefficient (Wildman–Crippen LogP) is 5.53. The number of benzene rings is 1. The average Bonchev–Trinajstić information content (AvgIpc) is 3.11. The van der Waals surface area contributed by atoms with Crippen LogP contribution in [-0.4, -0.2) is 51.3 Å². The Balaban J connectivity index is 0.00000480. The minimum absolute atomic E-state index is 0. The SMILES string of the molecule is C.CCOC(=O)c1ccc(CCCN(CCCOc2cc(Cl)cc(Cl)c2)S(C)(=O)=O)s1. The largest absolute Gasteiger partial charge is 0.493 e. The summed E-state index contributed by atoms with van der Waals surface area (Å²) >= 11 is 13.3. The van der Waals surface area contributed by atoms with E-state index in [1.807, 2.05) is 6.07 Å². The predicted molar refractivity (Wildman–Crippen MR) is 128 cm³/mol. The van der Waals surface area contributed by atoms with Crippen LogP contribution < -0.4 is 4.74 Å². The van der Waals surface area contributed by atoms with Crippen LogP contribution in [0.1, 0.15) is 41.7 Å². The number of esters is 1. The average molecular weight is 511 g/mol. The molecule has 0 spiro atoms. The summed E-state index contributed by atoms with van der Waals surface area (Å²) < 4.78 is 36.2. The van der Waals surface area contributed by atoms with E-state index >= 15 is 0 Å². The van der Waals surface area contributed by atoms with Gasteiger partial charge in [0.1, 0.15) is 10.6 Å². The molecular formula is C21H29Cl2NO5S2. The van der Waals surface area contributed by atoms with Crippen LogP contribution >= 0.6 is 34.5 Å². The zero-order chi connectivity index (χ0) is 22.1. The van der Waals surface area contributed by atoms with Gasteiger partial charge in [0, 0.05) is 28.0 Å². The van der Waals surface area contributed by atoms with E-state index in [0.717, 1.165) is 4.88 Å². The second kappa shape index (κ2) is 13.3. The lowest BCUT2D eigenvalue weighted by molar-refractivity contribution is 0.0532. The van der Waals surface area contributed by atoms with Crippen molar-refractivity contribution in [3.8, 4) is 5.75 Å². The Morgan fingerprint density at radius 3 is 2.35 bits per heavy atom. The fourth-order valence-corrected chi connectivity index (χ4v) is 5.11. The first kappa shape index (κ1) is 27.7. The van der Waals surface area contributed by atoms with Gasteiger partial charge >= 0.3 is 5.97 Å². The molecule has 0 saturated heterocycles. The smallest absolute Gasteiger partial charge is 0.348 e. The van der Waals surface area contributed by atoms with E-state index in [2.05, 4.69) is 0 Å². The molecule has 31 heavy (non-hydrogen) atoms. The summed E-state index contributed by atoms with van der Waals surface area (Å²) in [5, 5.41) is 0.963. The normalized spacial score (nSPS) is 11.3. The molecule has 0 N–H and O–H groups in total. The van der Waals surface area contributed by atoms with Gasteiger partial charge < -0.3 is 9.47 Å². The standard InChI is InChI=1S/C20H25Cl2NO5S2.CH4/c1-3-27-20(24)19-8-7-18(29-19)6-4-9-23(30(2,25)26)10-5-11-28-17-13-15(21)12-16(22)14-17;/h7-8,12-14H,3-6,9-11H2,1-2H3;1H4. The van der Waals surface area contributed by atoms with Gasteiger partial charge in [0.15, 0.2) is 0 Å². The van der Waals surface area contributed by atoms with Crippen LogP contribution in [0.3, 0.4) is 0 Å². The zero-order valence-corrected chi connectivity index (χ0v) is 20.0. The first-order valence-corrected chi connectivity index (χ1v) is 12.9. The molecule has 0 amide bonds. The Bertz CT molecular complexity index is 927. The molecular weight excluding hydrogens is 481 g/mol. The van der Waals surface area contributed by atoms with Gasteiger partial charge in [-0.1, -0.05) is 30.6 Å². The summed E-state index contributed by atoms with van der Waals surface area (Å²) in [6, 6.07) is 8.56. The number of thiophene rings is 1. The summed E-state index contributed by atoms with van der Waals surface area (Å²) in [5.41, 5.74) is 0. The van der Waals surface area contributed by atoms with E-state index < -0.39 is 10.0 Å². The number of carbonyl (C=O) groups is 1. The second-order valence-corrected chi connectivity index (χ2v) is 10.6. The Hall–Kier alpha value is -1.32. The van der Waals surface area contributed by atoms with Crippen molar-refractivity contribution in [3.05, 3.63) is 50.1 Å². The van der Waals surface area contributed by atoms with Crippen molar-refractivity contribution in [1.29, 1.82) is 0 Å². The van der Waals surface area contributed by atoms with Gasteiger partial charge in [-0.25, -0.2) is 17.5 Å². The van der Waals surface area contributed by atoms with Crippen LogP contribution in [0.15, 0.2) is 30.3 Å². The van der Waals surface area contributed by atoms with E-state index in [9.17, 15) is 13.2 Å². The van der Waals surface area contributed by atoms with E-state index in [-0.39, 0.29) is 13.4 Å². The summed E-state index contributed by atoms with van der Waals surface area (Å²) in [5.74, 6) is 0.223. The second-order valence-electron chi connectivity index (χ2n) is 6.56. The Morgan fingerprint density at radius 1 is 1.10 bits per heavy atom. The molecule has 2 rings (SSSR count). The van der Waals surface area contributed by atoms with E-state index in [0.29, 0.717) is 66.2 Å². The monoisotopic (exact) mass is 509 g/mol. The molecule has 0 aliphatic heterocycles. The maximum atomic E-state index is 12.1. The third-order valence-corrected chi connectivity index (χ3v) is 6.96. The third kappa shape index (κ3) is 9.78. The number of rotatable bonds is 12. The number of hydrogen-bond acceptors (Lipinski definition) is 6. The summed E-state index contributed by atoms with van der Waals surface area (Å²) in [6.07, 6.45) is 3.08. The molecule has 1 aromatic carbocycles. The molecule has 0 atom stereocenters. The molecule has 0 unspecified atom stereocenters. The molecule has 0 bridgehead atoms. The summed E-state index contributed by atoms with van der Waals surface area (Å²) in [6.45, 7) is 3.20. The Kier molecular flexibility index (Phi) is 11.9. The van der Waals surface area contributed by atoms with E-state index in [4.69, 9.17) is 32.7 Å². The number of aryl methyl sites for hydroxylation is 1. The number of ether oxygens (including phenoxy) is 2. The fraction of sp³-hybridized carbons (Fsp3) is 0.476. The minimum atomic E-state index is -3.33. The van der Waals surface area contributed by atoms with Crippen LogP contribution in [0, 0.1) is 0 Å². The molecule has 0 aliphatic carbocycles.